The van der Waals surface area contributed by atoms with Crippen molar-refractivity contribution in [2.24, 2.45) is 4.99 Å². The minimum absolute atomic E-state index is 0.310. The Kier molecular flexibility index (Phi) is 6.35. The van der Waals surface area contributed by atoms with Crippen molar-refractivity contribution < 1.29 is 9.57 Å². The SMILES string of the molecule is C=CNC(=NCN(C=C)OC)OC. The van der Waals surface area contributed by atoms with Crippen molar-refractivity contribution in [3.8, 4) is 0 Å². The van der Waals surface area contributed by atoms with Crippen LogP contribution in [-0.2, 0) is 9.57 Å². The summed E-state index contributed by atoms with van der Waals surface area (Å²) in [5.41, 5.74) is 0. The molecule has 0 aliphatic carbocycles. The summed E-state index contributed by atoms with van der Waals surface area (Å²) in [5, 5.41) is 4.16. The maximum Gasteiger partial charge on any atom is 0.290 e. The Morgan fingerprint density at radius 2 is 2.23 bits per heavy atom. The molecule has 0 bridgehead atoms. The average molecular weight is 185 g/mol. The Balaban J connectivity index is 4.02. The summed E-state index contributed by atoms with van der Waals surface area (Å²) in [7, 11) is 3.05. The van der Waals surface area contributed by atoms with Gasteiger partial charge in [-0.1, -0.05) is 13.2 Å². The molecule has 0 fully saturated rings. The molecule has 0 saturated carbocycles. The van der Waals surface area contributed by atoms with E-state index in [4.69, 9.17) is 9.57 Å². The van der Waals surface area contributed by atoms with Gasteiger partial charge in [0, 0.05) is 6.20 Å². The lowest BCUT2D eigenvalue weighted by Gasteiger charge is -2.13. The summed E-state index contributed by atoms with van der Waals surface area (Å²) >= 11 is 0. The zero-order valence-electron chi connectivity index (χ0n) is 7.99. The Hall–Kier alpha value is -1.49. The molecule has 0 amide bonds. The van der Waals surface area contributed by atoms with Gasteiger partial charge in [0.1, 0.15) is 6.67 Å². The lowest BCUT2D eigenvalue weighted by atomic mass is 10.8. The van der Waals surface area contributed by atoms with Gasteiger partial charge < -0.3 is 10.1 Å². The number of hydrogen-bond donors (Lipinski definition) is 1. The summed E-state index contributed by atoms with van der Waals surface area (Å²) in [6.07, 6.45) is 3.00. The van der Waals surface area contributed by atoms with Crippen LogP contribution in [-0.4, -0.2) is 32.0 Å². The summed E-state index contributed by atoms with van der Waals surface area (Å²) in [5.74, 6) is 0. The molecule has 0 heterocycles. The van der Waals surface area contributed by atoms with Gasteiger partial charge >= 0.3 is 0 Å². The number of nitrogens with zero attached hydrogens (tertiary/aromatic N) is 2. The fraction of sp³-hybridized carbons (Fsp3) is 0.375. The molecule has 0 aromatic heterocycles. The quantitative estimate of drug-likeness (QED) is 0.389. The van der Waals surface area contributed by atoms with Gasteiger partial charge in [0.15, 0.2) is 0 Å². The van der Waals surface area contributed by atoms with Crippen molar-refractivity contribution in [1.82, 2.24) is 10.4 Å². The smallest absolute Gasteiger partial charge is 0.290 e. The van der Waals surface area contributed by atoms with Crippen LogP contribution in [0.25, 0.3) is 0 Å². The minimum Gasteiger partial charge on any atom is -0.468 e. The first-order chi connectivity index (χ1) is 6.28. The molecule has 5 heteroatoms. The van der Waals surface area contributed by atoms with E-state index >= 15 is 0 Å². The summed E-state index contributed by atoms with van der Waals surface area (Å²) in [6.45, 7) is 7.32. The third kappa shape index (κ3) is 4.86. The van der Waals surface area contributed by atoms with Crippen molar-refractivity contribution in [3.05, 3.63) is 25.6 Å². The monoisotopic (exact) mass is 185 g/mol. The second-order valence-electron chi connectivity index (χ2n) is 1.94. The zero-order valence-corrected chi connectivity index (χ0v) is 7.99. The fourth-order valence-electron chi connectivity index (χ4n) is 0.580. The number of ether oxygens (including phenoxy) is 1. The molecule has 0 rings (SSSR count). The molecule has 0 aromatic rings. The van der Waals surface area contributed by atoms with Crippen LogP contribution >= 0.6 is 0 Å². The standard InChI is InChI=1S/C8H15N3O2/c1-5-9-8(12-3)10-7-11(6-2)13-4/h5-6H,1-2,7H2,3-4H3,(H,9,10). The molecule has 0 unspecified atom stereocenters. The van der Waals surface area contributed by atoms with E-state index < -0.39 is 0 Å². The molecule has 0 atom stereocenters. The van der Waals surface area contributed by atoms with E-state index in [9.17, 15) is 0 Å². The Labute approximate surface area is 78.3 Å². The van der Waals surface area contributed by atoms with Gasteiger partial charge in [-0.05, 0) is 6.20 Å². The summed E-state index contributed by atoms with van der Waals surface area (Å²) in [6, 6.07) is 0.374. The molecule has 74 valence electrons. The number of aliphatic imine (C=N–C) groups is 1. The third-order valence-electron chi connectivity index (χ3n) is 1.21. The maximum atomic E-state index is 4.88. The van der Waals surface area contributed by atoms with Crippen molar-refractivity contribution in [3.63, 3.8) is 0 Å². The number of hydroxylamine groups is 2. The molecule has 1 N–H and O–H groups in total. The minimum atomic E-state index is 0.310. The Morgan fingerprint density at radius 1 is 1.54 bits per heavy atom. The normalized spacial score (nSPS) is 10.5. The van der Waals surface area contributed by atoms with Gasteiger partial charge in [0.2, 0.25) is 0 Å². The molecule has 0 aliphatic rings. The van der Waals surface area contributed by atoms with Gasteiger partial charge in [-0.25, -0.2) is 10.1 Å². The first-order valence-electron chi connectivity index (χ1n) is 3.67. The van der Waals surface area contributed by atoms with E-state index in [1.165, 1.54) is 31.7 Å². The number of methoxy groups -OCH3 is 1. The third-order valence-corrected chi connectivity index (χ3v) is 1.21. The van der Waals surface area contributed by atoms with Crippen molar-refractivity contribution in [2.45, 2.75) is 0 Å². The highest BCUT2D eigenvalue weighted by Gasteiger charge is 1.96. The van der Waals surface area contributed by atoms with Gasteiger partial charge in [-0.15, -0.1) is 0 Å². The number of amidine groups is 1. The molecule has 5 nitrogen and oxygen atoms in total. The first kappa shape index (κ1) is 11.5. The maximum absolute atomic E-state index is 4.88. The van der Waals surface area contributed by atoms with E-state index in [-0.39, 0.29) is 0 Å². The lowest BCUT2D eigenvalue weighted by molar-refractivity contribution is -0.0850. The summed E-state index contributed by atoms with van der Waals surface area (Å²) in [4.78, 5) is 8.89. The van der Waals surface area contributed by atoms with E-state index in [0.717, 1.165) is 0 Å². The molecule has 0 spiro atoms. The lowest BCUT2D eigenvalue weighted by Crippen LogP contribution is -2.23. The van der Waals surface area contributed by atoms with Gasteiger partial charge in [0.05, 0.1) is 14.2 Å². The van der Waals surface area contributed by atoms with Crippen molar-refractivity contribution in [2.75, 3.05) is 20.9 Å². The predicted octanol–water partition coefficient (Wildman–Crippen LogP) is 0.686. The van der Waals surface area contributed by atoms with Crippen LogP contribution in [0.1, 0.15) is 0 Å². The van der Waals surface area contributed by atoms with Gasteiger partial charge in [-0.2, -0.15) is 0 Å². The highest BCUT2D eigenvalue weighted by atomic mass is 16.7. The first-order valence-corrected chi connectivity index (χ1v) is 3.67. The summed E-state index contributed by atoms with van der Waals surface area (Å²) < 4.78 is 4.88. The van der Waals surface area contributed by atoms with Gasteiger partial charge in [-0.3, -0.25) is 4.84 Å². The van der Waals surface area contributed by atoms with Crippen LogP contribution in [0.15, 0.2) is 30.6 Å². The average Bonchev–Trinajstić information content (AvgIpc) is 2.17. The second kappa shape index (κ2) is 7.17. The zero-order chi connectivity index (χ0) is 10.1. The van der Waals surface area contributed by atoms with Crippen LogP contribution in [0.5, 0.6) is 0 Å². The highest BCUT2D eigenvalue weighted by Crippen LogP contribution is 1.88. The van der Waals surface area contributed by atoms with Crippen LogP contribution < -0.4 is 5.32 Å². The Morgan fingerprint density at radius 3 is 2.62 bits per heavy atom. The van der Waals surface area contributed by atoms with Crippen molar-refractivity contribution in [1.29, 1.82) is 0 Å². The molecule has 0 aromatic carbocycles. The largest absolute Gasteiger partial charge is 0.468 e. The van der Waals surface area contributed by atoms with E-state index in [1.807, 2.05) is 0 Å². The number of nitrogens with one attached hydrogen (secondary N) is 1. The van der Waals surface area contributed by atoms with Crippen LogP contribution in [0.4, 0.5) is 0 Å². The molecular weight excluding hydrogens is 170 g/mol. The van der Waals surface area contributed by atoms with Crippen LogP contribution in [0.3, 0.4) is 0 Å². The molecule has 0 radical (unpaired) electrons. The van der Waals surface area contributed by atoms with Crippen LogP contribution in [0.2, 0.25) is 0 Å². The fourth-order valence-corrected chi connectivity index (χ4v) is 0.580. The number of hydrogen-bond acceptors (Lipinski definition) is 4. The topological polar surface area (TPSA) is 46.1 Å². The molecule has 0 saturated heterocycles. The van der Waals surface area contributed by atoms with Crippen molar-refractivity contribution >= 4 is 6.02 Å². The van der Waals surface area contributed by atoms with E-state index in [1.54, 1.807) is 0 Å². The Bertz CT molecular complexity index is 192. The highest BCUT2D eigenvalue weighted by molar-refractivity contribution is 5.74. The second-order valence-corrected chi connectivity index (χ2v) is 1.94. The van der Waals surface area contributed by atoms with Gasteiger partial charge in [0.25, 0.3) is 6.02 Å². The molecular formula is C8H15N3O2. The number of rotatable bonds is 5. The van der Waals surface area contributed by atoms with E-state index in [2.05, 4.69) is 23.5 Å². The molecule has 13 heavy (non-hydrogen) atoms. The van der Waals surface area contributed by atoms with E-state index in [0.29, 0.717) is 12.7 Å². The molecule has 0 aliphatic heterocycles. The predicted molar refractivity (Wildman–Crippen MR) is 51.7 cm³/mol. The van der Waals surface area contributed by atoms with Crippen LogP contribution in [0, 0.1) is 0 Å².